The Morgan fingerprint density at radius 3 is 2.82 bits per heavy atom. The molecule has 0 bridgehead atoms. The zero-order chi connectivity index (χ0) is 8.43. The van der Waals surface area contributed by atoms with Crippen molar-refractivity contribution in [3.05, 3.63) is 22.7 Å². The molecule has 0 spiro atoms. The van der Waals surface area contributed by atoms with E-state index in [0.717, 1.165) is 10.8 Å². The normalized spacial score (nSPS) is 12.9. The van der Waals surface area contributed by atoms with E-state index in [2.05, 4.69) is 4.52 Å². The maximum atomic E-state index is 11.0. The van der Waals surface area contributed by atoms with Gasteiger partial charge in [0.05, 0.1) is 12.2 Å². The molecular weight excluding hydrogens is 148 g/mol. The van der Waals surface area contributed by atoms with Gasteiger partial charge in [-0.05, 0) is 6.92 Å². The first kappa shape index (κ1) is 7.74. The highest BCUT2D eigenvalue weighted by Gasteiger charge is 2.10. The fraction of sp³-hybridized carbons (Fsp3) is 0.333. The number of rotatable bonds is 1. The highest BCUT2D eigenvalue weighted by molar-refractivity contribution is 5.82. The predicted molar refractivity (Wildman–Crippen MR) is 37.2 cm³/mol. The summed E-state index contributed by atoms with van der Waals surface area (Å²) < 4.78 is 5.26. The third-order valence-electron chi connectivity index (χ3n) is 1.14. The van der Waals surface area contributed by atoms with Crippen LogP contribution in [0.4, 0.5) is 0 Å². The maximum Gasteiger partial charge on any atom is 0.358 e. The first-order chi connectivity index (χ1) is 5.11. The van der Waals surface area contributed by atoms with Gasteiger partial charge < -0.3 is 10.3 Å². The van der Waals surface area contributed by atoms with Crippen LogP contribution < -0.4 is 11.4 Å². The summed E-state index contributed by atoms with van der Waals surface area (Å²) in [4.78, 5) is 21.4. The Bertz CT molecular complexity index is 310. The van der Waals surface area contributed by atoms with E-state index in [0.29, 0.717) is 0 Å². The van der Waals surface area contributed by atoms with Crippen molar-refractivity contribution in [1.29, 1.82) is 0 Å². The average Bonchev–Trinajstić information content (AvgIpc) is 2.34. The van der Waals surface area contributed by atoms with Crippen molar-refractivity contribution in [1.82, 2.24) is 4.74 Å². The molecular formula is C6H8N2O3. The van der Waals surface area contributed by atoms with Gasteiger partial charge >= 0.3 is 5.63 Å². The van der Waals surface area contributed by atoms with Gasteiger partial charge in [0.2, 0.25) is 0 Å². The molecule has 0 saturated heterocycles. The summed E-state index contributed by atoms with van der Waals surface area (Å²) in [7, 11) is 0. The van der Waals surface area contributed by atoms with E-state index in [1.165, 1.54) is 13.1 Å². The van der Waals surface area contributed by atoms with Crippen LogP contribution in [-0.2, 0) is 0 Å². The summed E-state index contributed by atoms with van der Waals surface area (Å²) in [6.07, 6.45) is 1.24. The van der Waals surface area contributed by atoms with Crippen LogP contribution in [0.2, 0.25) is 0 Å². The van der Waals surface area contributed by atoms with E-state index in [1.54, 1.807) is 0 Å². The summed E-state index contributed by atoms with van der Waals surface area (Å²) in [5.41, 5.74) is 4.69. The quantitative estimate of drug-likeness (QED) is 0.590. The first-order valence-electron chi connectivity index (χ1n) is 3.10. The van der Waals surface area contributed by atoms with Crippen LogP contribution in [0.5, 0.6) is 0 Å². The molecule has 1 heterocycles. The number of nitrogens with zero attached hydrogens (tertiary/aromatic N) is 1. The topological polar surface area (TPSA) is 78.2 Å². The molecule has 5 heteroatoms. The van der Waals surface area contributed by atoms with Crippen molar-refractivity contribution in [3.63, 3.8) is 0 Å². The number of carbonyl (C=O) groups excluding carboxylic acids is 1. The molecule has 1 aromatic rings. The molecule has 60 valence electrons. The van der Waals surface area contributed by atoms with E-state index in [-0.39, 0.29) is 0 Å². The molecule has 1 rings (SSSR count). The fourth-order valence-corrected chi connectivity index (χ4v) is 0.605. The second kappa shape index (κ2) is 2.71. The molecule has 1 atom stereocenters. The summed E-state index contributed by atoms with van der Waals surface area (Å²) in [5, 5.41) is 0. The predicted octanol–water partition coefficient (Wildman–Crippen LogP) is -0.571. The number of aromatic nitrogens is 1. The van der Waals surface area contributed by atoms with Gasteiger partial charge in [-0.25, -0.2) is 4.79 Å². The summed E-state index contributed by atoms with van der Waals surface area (Å²) in [5.74, 6) is -0.438. The largest absolute Gasteiger partial charge is 0.358 e. The molecule has 0 aliphatic rings. The molecule has 0 radical (unpaired) electrons. The minimum Gasteiger partial charge on any atom is -0.329 e. The highest BCUT2D eigenvalue weighted by atomic mass is 16.5. The summed E-state index contributed by atoms with van der Waals surface area (Å²) >= 11 is 0. The minimum atomic E-state index is -0.662. The van der Waals surface area contributed by atoms with Gasteiger partial charge in [-0.2, -0.15) is 0 Å². The van der Waals surface area contributed by atoms with Crippen LogP contribution in [-0.4, -0.2) is 16.7 Å². The average molecular weight is 156 g/mol. The molecule has 11 heavy (non-hydrogen) atoms. The van der Waals surface area contributed by atoms with Crippen molar-refractivity contribution in [2.45, 2.75) is 13.0 Å². The van der Waals surface area contributed by atoms with E-state index < -0.39 is 17.6 Å². The number of carbonyl (C=O) groups is 1. The van der Waals surface area contributed by atoms with Crippen LogP contribution in [0, 0.1) is 0 Å². The molecule has 2 N–H and O–H groups in total. The lowest BCUT2D eigenvalue weighted by Gasteiger charge is -2.00. The first-order valence-corrected chi connectivity index (χ1v) is 3.10. The zero-order valence-corrected chi connectivity index (χ0v) is 5.98. The zero-order valence-electron chi connectivity index (χ0n) is 5.98. The highest BCUT2D eigenvalue weighted by Crippen LogP contribution is 1.87. The molecule has 1 aromatic heterocycles. The Labute approximate surface area is 62.4 Å². The smallest absolute Gasteiger partial charge is 0.329 e. The Balaban J connectivity index is 2.94. The standard InChI is InChI=1S/C6H8N2O3/c1-4(7)6(10)8-3-2-5(9)11-8/h2-4H,7H2,1H3/t4-/m0/s1. The Morgan fingerprint density at radius 1 is 1.82 bits per heavy atom. The number of hydrogen-bond acceptors (Lipinski definition) is 4. The lowest BCUT2D eigenvalue weighted by molar-refractivity contribution is 0.0758. The third kappa shape index (κ3) is 1.56. The van der Waals surface area contributed by atoms with Crippen molar-refractivity contribution in [3.8, 4) is 0 Å². The molecule has 0 unspecified atom stereocenters. The van der Waals surface area contributed by atoms with Gasteiger partial charge in [-0.15, -0.1) is 4.74 Å². The Kier molecular flexibility index (Phi) is 1.91. The van der Waals surface area contributed by atoms with Gasteiger partial charge in [0, 0.05) is 6.07 Å². The van der Waals surface area contributed by atoms with Crippen LogP contribution >= 0.6 is 0 Å². The van der Waals surface area contributed by atoms with Crippen molar-refractivity contribution >= 4 is 5.91 Å². The van der Waals surface area contributed by atoms with Gasteiger partial charge in [0.15, 0.2) is 0 Å². The molecule has 0 aliphatic carbocycles. The molecule has 5 nitrogen and oxygen atoms in total. The van der Waals surface area contributed by atoms with Crippen LogP contribution in [0.25, 0.3) is 0 Å². The minimum absolute atomic E-state index is 0.438. The van der Waals surface area contributed by atoms with Crippen molar-refractivity contribution in [2.75, 3.05) is 0 Å². The number of hydrogen-bond donors (Lipinski definition) is 1. The van der Waals surface area contributed by atoms with E-state index >= 15 is 0 Å². The fourth-order valence-electron chi connectivity index (χ4n) is 0.605. The molecule has 0 aliphatic heterocycles. The Morgan fingerprint density at radius 2 is 2.45 bits per heavy atom. The molecule has 0 fully saturated rings. The van der Waals surface area contributed by atoms with E-state index in [9.17, 15) is 9.59 Å². The second-order valence-electron chi connectivity index (χ2n) is 2.18. The maximum absolute atomic E-state index is 11.0. The third-order valence-corrected chi connectivity index (χ3v) is 1.14. The lowest BCUT2D eigenvalue weighted by Crippen LogP contribution is -2.31. The lowest BCUT2D eigenvalue weighted by atomic mass is 10.3. The van der Waals surface area contributed by atoms with E-state index in [4.69, 9.17) is 5.73 Å². The van der Waals surface area contributed by atoms with E-state index in [1.807, 2.05) is 0 Å². The molecule has 0 saturated carbocycles. The second-order valence-corrected chi connectivity index (χ2v) is 2.18. The monoisotopic (exact) mass is 156 g/mol. The molecule has 0 amide bonds. The Hall–Kier alpha value is -1.36. The summed E-state index contributed by atoms with van der Waals surface area (Å²) in [6, 6.07) is 0.492. The molecule has 0 aromatic carbocycles. The van der Waals surface area contributed by atoms with Gasteiger partial charge in [0.1, 0.15) is 0 Å². The number of nitrogens with two attached hydrogens (primary N) is 1. The SMILES string of the molecule is C[C@H](N)C(=O)n1ccc(=O)o1. The van der Waals surface area contributed by atoms with Crippen molar-refractivity contribution in [2.24, 2.45) is 5.73 Å². The van der Waals surface area contributed by atoms with Gasteiger partial charge in [0.25, 0.3) is 5.91 Å². The van der Waals surface area contributed by atoms with Crippen molar-refractivity contribution < 1.29 is 9.32 Å². The van der Waals surface area contributed by atoms with Crippen LogP contribution in [0.15, 0.2) is 21.6 Å². The summed E-state index contributed by atoms with van der Waals surface area (Å²) in [6.45, 7) is 1.52. The van der Waals surface area contributed by atoms with Crippen LogP contribution in [0.3, 0.4) is 0 Å². The van der Waals surface area contributed by atoms with Crippen LogP contribution in [0.1, 0.15) is 11.7 Å². The van der Waals surface area contributed by atoms with Gasteiger partial charge in [-0.1, -0.05) is 0 Å². The van der Waals surface area contributed by atoms with Gasteiger partial charge in [-0.3, -0.25) is 4.79 Å².